The van der Waals surface area contributed by atoms with Gasteiger partial charge in [0.15, 0.2) is 0 Å². The van der Waals surface area contributed by atoms with Crippen molar-refractivity contribution < 1.29 is 0 Å². The first-order valence-electron chi connectivity index (χ1n) is 4.49. The van der Waals surface area contributed by atoms with Crippen LogP contribution in [0.2, 0.25) is 0 Å². The SMILES string of the molecule is Cc1cc2c(S)c3sccc3c(S)c2s1. The summed E-state index contributed by atoms with van der Waals surface area (Å²) in [5.74, 6) is 0. The average Bonchev–Trinajstić information content (AvgIpc) is 2.79. The zero-order valence-corrected chi connectivity index (χ0v) is 11.4. The lowest BCUT2D eigenvalue weighted by atomic mass is 10.2. The molecule has 2 aromatic heterocycles. The third-order valence-corrected chi connectivity index (χ3v) is 5.69. The lowest BCUT2D eigenvalue weighted by Crippen LogP contribution is -1.73. The van der Waals surface area contributed by atoms with Crippen molar-refractivity contribution in [1.82, 2.24) is 0 Å². The third-order valence-electron chi connectivity index (χ3n) is 2.46. The first-order valence-corrected chi connectivity index (χ1v) is 7.09. The monoisotopic (exact) mass is 268 g/mol. The first kappa shape index (κ1) is 10.0. The summed E-state index contributed by atoms with van der Waals surface area (Å²) in [5, 5.41) is 4.56. The molecule has 3 rings (SSSR count). The van der Waals surface area contributed by atoms with Crippen molar-refractivity contribution in [3.05, 3.63) is 22.4 Å². The number of rotatable bonds is 0. The van der Waals surface area contributed by atoms with E-state index < -0.39 is 0 Å². The first-order chi connectivity index (χ1) is 7.18. The van der Waals surface area contributed by atoms with Gasteiger partial charge in [-0.15, -0.1) is 47.9 Å². The second kappa shape index (κ2) is 3.42. The molecule has 0 N–H and O–H groups in total. The van der Waals surface area contributed by atoms with Gasteiger partial charge in [0, 0.05) is 34.8 Å². The van der Waals surface area contributed by atoms with Crippen LogP contribution in [0.1, 0.15) is 4.88 Å². The molecule has 4 heteroatoms. The molecule has 0 bridgehead atoms. The Balaban J connectivity index is 2.67. The zero-order chi connectivity index (χ0) is 10.6. The average molecular weight is 268 g/mol. The predicted molar refractivity (Wildman–Crippen MR) is 76.4 cm³/mol. The highest BCUT2D eigenvalue weighted by Crippen LogP contribution is 2.43. The van der Waals surface area contributed by atoms with Gasteiger partial charge in [-0.05, 0) is 24.4 Å². The summed E-state index contributed by atoms with van der Waals surface area (Å²) in [7, 11) is 0. The molecule has 0 amide bonds. The van der Waals surface area contributed by atoms with Crippen molar-refractivity contribution in [3.8, 4) is 0 Å². The molecule has 0 saturated carbocycles. The molecule has 0 aliphatic carbocycles. The molecule has 0 atom stereocenters. The van der Waals surface area contributed by atoms with Gasteiger partial charge in [0.25, 0.3) is 0 Å². The van der Waals surface area contributed by atoms with Crippen LogP contribution in [0.3, 0.4) is 0 Å². The van der Waals surface area contributed by atoms with E-state index in [0.717, 1.165) is 9.79 Å². The molecule has 0 spiro atoms. The van der Waals surface area contributed by atoms with Gasteiger partial charge in [0.1, 0.15) is 0 Å². The van der Waals surface area contributed by atoms with Crippen LogP contribution in [-0.2, 0) is 0 Å². The number of fused-ring (bicyclic) bond motifs is 2. The van der Waals surface area contributed by atoms with Gasteiger partial charge in [0.05, 0.1) is 0 Å². The highest BCUT2D eigenvalue weighted by molar-refractivity contribution is 7.81. The van der Waals surface area contributed by atoms with Crippen molar-refractivity contribution in [2.45, 2.75) is 16.7 Å². The molecule has 1 aromatic carbocycles. The van der Waals surface area contributed by atoms with Crippen LogP contribution in [0.15, 0.2) is 27.3 Å². The fourth-order valence-corrected chi connectivity index (χ4v) is 4.67. The van der Waals surface area contributed by atoms with E-state index in [1.807, 2.05) is 0 Å². The van der Waals surface area contributed by atoms with Gasteiger partial charge in [-0.2, -0.15) is 0 Å². The number of aryl methyl sites for hydroxylation is 1. The molecule has 76 valence electrons. The molecule has 0 radical (unpaired) electrons. The second-order valence-corrected chi connectivity index (χ2v) is 6.53. The summed E-state index contributed by atoms with van der Waals surface area (Å²) >= 11 is 12.8. The highest BCUT2D eigenvalue weighted by atomic mass is 32.1. The topological polar surface area (TPSA) is 0 Å². The Morgan fingerprint density at radius 3 is 2.60 bits per heavy atom. The molecule has 0 unspecified atom stereocenters. The van der Waals surface area contributed by atoms with Crippen molar-refractivity contribution in [1.29, 1.82) is 0 Å². The lowest BCUT2D eigenvalue weighted by molar-refractivity contribution is 1.62. The molecule has 0 aliphatic rings. The standard InChI is InChI=1S/C11H8S4/c1-5-4-7-9(13)10-6(2-3-14-10)8(12)11(7)15-5/h2-4,12-13H,1H3. The molecule has 15 heavy (non-hydrogen) atoms. The Labute approximate surface area is 107 Å². The van der Waals surface area contributed by atoms with Gasteiger partial charge in [-0.25, -0.2) is 0 Å². The van der Waals surface area contributed by atoms with Crippen LogP contribution in [0.5, 0.6) is 0 Å². The van der Waals surface area contributed by atoms with Gasteiger partial charge < -0.3 is 0 Å². The molecule has 0 aliphatic heterocycles. The van der Waals surface area contributed by atoms with Crippen LogP contribution in [0.4, 0.5) is 0 Å². The summed E-state index contributed by atoms with van der Waals surface area (Å²) in [6.45, 7) is 2.12. The summed E-state index contributed by atoms with van der Waals surface area (Å²) in [6, 6.07) is 4.32. The Morgan fingerprint density at radius 1 is 1.07 bits per heavy atom. The number of thiol groups is 2. The normalized spacial score (nSPS) is 11.7. The molecule has 2 heterocycles. The number of thiophene rings is 2. The smallest absolute Gasteiger partial charge is 0.0497 e. The van der Waals surface area contributed by atoms with Crippen LogP contribution >= 0.6 is 47.9 Å². The Kier molecular flexibility index (Phi) is 2.28. The van der Waals surface area contributed by atoms with E-state index in [2.05, 4.69) is 49.7 Å². The summed E-state index contributed by atoms with van der Waals surface area (Å²) in [6.07, 6.45) is 0. The van der Waals surface area contributed by atoms with E-state index in [1.54, 1.807) is 22.7 Å². The van der Waals surface area contributed by atoms with Crippen molar-refractivity contribution >= 4 is 68.1 Å². The van der Waals surface area contributed by atoms with Gasteiger partial charge in [0.2, 0.25) is 0 Å². The van der Waals surface area contributed by atoms with Crippen LogP contribution in [0.25, 0.3) is 20.2 Å². The van der Waals surface area contributed by atoms with E-state index in [0.29, 0.717) is 0 Å². The summed E-state index contributed by atoms with van der Waals surface area (Å²) in [4.78, 5) is 3.50. The molecular formula is C11H8S4. The van der Waals surface area contributed by atoms with Crippen molar-refractivity contribution in [2.75, 3.05) is 0 Å². The minimum absolute atomic E-state index is 1.09. The van der Waals surface area contributed by atoms with E-state index in [-0.39, 0.29) is 0 Å². The maximum absolute atomic E-state index is 4.63. The van der Waals surface area contributed by atoms with Crippen molar-refractivity contribution in [3.63, 3.8) is 0 Å². The Morgan fingerprint density at radius 2 is 1.80 bits per heavy atom. The molecular weight excluding hydrogens is 260 g/mol. The van der Waals surface area contributed by atoms with Crippen LogP contribution < -0.4 is 0 Å². The van der Waals surface area contributed by atoms with E-state index >= 15 is 0 Å². The lowest BCUT2D eigenvalue weighted by Gasteiger charge is -2.01. The van der Waals surface area contributed by atoms with E-state index in [9.17, 15) is 0 Å². The number of benzene rings is 1. The molecule has 0 nitrogen and oxygen atoms in total. The quantitative estimate of drug-likeness (QED) is 0.527. The Bertz CT molecular complexity index is 606. The largest absolute Gasteiger partial charge is 0.143 e. The summed E-state index contributed by atoms with van der Waals surface area (Å²) < 4.78 is 2.50. The Hall–Kier alpha value is -0.160. The zero-order valence-electron chi connectivity index (χ0n) is 7.94. The molecule has 0 fully saturated rings. The van der Waals surface area contributed by atoms with Crippen molar-refractivity contribution in [2.24, 2.45) is 0 Å². The van der Waals surface area contributed by atoms with E-state index in [1.165, 1.54) is 25.0 Å². The maximum atomic E-state index is 4.63. The summed E-state index contributed by atoms with van der Waals surface area (Å²) in [5.41, 5.74) is 0. The van der Waals surface area contributed by atoms with Gasteiger partial charge >= 0.3 is 0 Å². The van der Waals surface area contributed by atoms with Crippen LogP contribution in [-0.4, -0.2) is 0 Å². The molecule has 0 saturated heterocycles. The molecule has 3 aromatic rings. The van der Waals surface area contributed by atoms with Gasteiger partial charge in [-0.3, -0.25) is 0 Å². The maximum Gasteiger partial charge on any atom is 0.0497 e. The highest BCUT2D eigenvalue weighted by Gasteiger charge is 2.12. The minimum atomic E-state index is 1.09. The number of hydrogen-bond donors (Lipinski definition) is 2. The fraction of sp³-hybridized carbons (Fsp3) is 0.0909. The minimum Gasteiger partial charge on any atom is -0.143 e. The van der Waals surface area contributed by atoms with E-state index in [4.69, 9.17) is 0 Å². The second-order valence-electron chi connectivity index (χ2n) is 3.46. The van der Waals surface area contributed by atoms with Crippen LogP contribution in [0, 0.1) is 6.92 Å². The third kappa shape index (κ3) is 1.35. The number of hydrogen-bond acceptors (Lipinski definition) is 4. The predicted octanol–water partition coefficient (Wildman–Crippen LogP) is 5.00. The fourth-order valence-electron chi connectivity index (χ4n) is 1.79. The van der Waals surface area contributed by atoms with Gasteiger partial charge in [-0.1, -0.05) is 0 Å².